The smallest absolute Gasteiger partial charge is 0.364 e. The van der Waals surface area contributed by atoms with Crippen molar-refractivity contribution in [2.45, 2.75) is 45.6 Å². The average Bonchev–Trinajstić information content (AvgIpc) is 3.89. The number of benzene rings is 3. The van der Waals surface area contributed by atoms with E-state index in [1.807, 2.05) is 55.5 Å². The van der Waals surface area contributed by atoms with E-state index >= 15 is 0 Å². The molecule has 7 rings (SSSR count). The number of hydrogen-bond donors (Lipinski definition) is 1. The lowest BCUT2D eigenvalue weighted by Crippen LogP contribution is -2.46. The van der Waals surface area contributed by atoms with Gasteiger partial charge in [0.25, 0.3) is 0 Å². The summed E-state index contributed by atoms with van der Waals surface area (Å²) in [5, 5.41) is 14.3. The highest BCUT2D eigenvalue weighted by molar-refractivity contribution is 5.63. The first-order chi connectivity index (χ1) is 24.8. The average molecular weight is 697 g/mol. The van der Waals surface area contributed by atoms with Gasteiger partial charge in [0.2, 0.25) is 0 Å². The van der Waals surface area contributed by atoms with Crippen molar-refractivity contribution in [1.82, 2.24) is 29.1 Å². The Hall–Kier alpha value is -5.76. The minimum atomic E-state index is -0.723. The molecular formula is C37H38F2N8O4. The molecule has 12 nitrogen and oxygen atoms in total. The molecule has 2 atom stereocenters. The van der Waals surface area contributed by atoms with Gasteiger partial charge in [-0.05, 0) is 80.1 Å². The highest BCUT2D eigenvalue weighted by atomic mass is 19.1. The summed E-state index contributed by atoms with van der Waals surface area (Å²) in [6.45, 7) is 7.33. The molecule has 1 N–H and O–H groups in total. The van der Waals surface area contributed by atoms with E-state index in [0.717, 1.165) is 49.3 Å². The van der Waals surface area contributed by atoms with Crippen molar-refractivity contribution in [3.63, 3.8) is 0 Å². The summed E-state index contributed by atoms with van der Waals surface area (Å²) in [5.74, 6) is 0.0582. The molecular weight excluding hydrogens is 658 g/mol. The lowest BCUT2D eigenvalue weighted by atomic mass is 10.1. The van der Waals surface area contributed by atoms with Crippen LogP contribution < -0.4 is 20.2 Å². The molecule has 6 aromatic rings. The fourth-order valence-corrected chi connectivity index (χ4v) is 6.52. The van der Waals surface area contributed by atoms with Crippen LogP contribution in [0.15, 0.2) is 101 Å². The van der Waals surface area contributed by atoms with Gasteiger partial charge in [-0.2, -0.15) is 10.1 Å². The number of hydrogen-bond acceptors (Lipinski definition) is 9. The van der Waals surface area contributed by atoms with Crippen molar-refractivity contribution in [3.05, 3.63) is 125 Å². The zero-order valence-corrected chi connectivity index (χ0v) is 28.3. The second-order valence-corrected chi connectivity index (χ2v) is 12.5. The molecule has 3 aromatic heterocycles. The number of anilines is 2. The lowest BCUT2D eigenvalue weighted by Gasteiger charge is -2.37. The normalized spacial score (nSPS) is 14.5. The molecule has 4 heterocycles. The number of aromatic nitrogens is 6. The summed E-state index contributed by atoms with van der Waals surface area (Å²) < 4.78 is 45.3. The van der Waals surface area contributed by atoms with Gasteiger partial charge in [0.05, 0.1) is 23.4 Å². The van der Waals surface area contributed by atoms with E-state index in [9.17, 15) is 18.7 Å². The zero-order valence-electron chi connectivity index (χ0n) is 28.3. The molecule has 0 spiro atoms. The highest BCUT2D eigenvalue weighted by Crippen LogP contribution is 2.32. The third-order valence-corrected chi connectivity index (χ3v) is 9.17. The van der Waals surface area contributed by atoms with E-state index < -0.39 is 17.7 Å². The topological polar surface area (TPSA) is 120 Å². The Kier molecular flexibility index (Phi) is 9.66. The summed E-state index contributed by atoms with van der Waals surface area (Å²) >= 11 is 0. The Bertz CT molecular complexity index is 2120. The van der Waals surface area contributed by atoms with E-state index in [2.05, 4.69) is 24.9 Å². The van der Waals surface area contributed by atoms with E-state index in [1.54, 1.807) is 28.7 Å². The van der Waals surface area contributed by atoms with Crippen molar-refractivity contribution in [2.75, 3.05) is 36.0 Å². The number of aliphatic hydroxyl groups is 1. The van der Waals surface area contributed by atoms with Crippen LogP contribution >= 0.6 is 0 Å². The van der Waals surface area contributed by atoms with Crippen LogP contribution in [-0.2, 0) is 13.2 Å². The predicted molar refractivity (Wildman–Crippen MR) is 187 cm³/mol. The molecule has 0 radical (unpaired) electrons. The minimum absolute atomic E-state index is 0.114. The first-order valence-corrected chi connectivity index (χ1v) is 16.8. The van der Waals surface area contributed by atoms with Gasteiger partial charge >= 0.3 is 5.69 Å². The molecule has 0 aliphatic carbocycles. The third kappa shape index (κ3) is 7.26. The molecule has 1 saturated heterocycles. The van der Waals surface area contributed by atoms with Crippen molar-refractivity contribution in [3.8, 4) is 22.8 Å². The quantitative estimate of drug-likeness (QED) is 0.178. The van der Waals surface area contributed by atoms with E-state index in [1.165, 1.54) is 29.5 Å². The van der Waals surface area contributed by atoms with Crippen LogP contribution in [0.25, 0.3) is 17.0 Å². The number of nitrogens with zero attached hydrogens (tertiary/aromatic N) is 8. The molecule has 264 valence electrons. The maximum atomic E-state index is 14.8. The first-order valence-electron chi connectivity index (χ1n) is 16.8. The fraction of sp³-hybridized carbons (Fsp3) is 0.297. The Morgan fingerprint density at radius 2 is 1.57 bits per heavy atom. The van der Waals surface area contributed by atoms with Crippen LogP contribution in [0.3, 0.4) is 0 Å². The maximum Gasteiger partial charge on any atom is 0.364 e. The zero-order chi connectivity index (χ0) is 35.5. The molecule has 1 aliphatic rings. The van der Waals surface area contributed by atoms with Gasteiger partial charge in [-0.1, -0.05) is 6.92 Å². The van der Waals surface area contributed by atoms with Gasteiger partial charge in [0.15, 0.2) is 0 Å². The SMILES string of the molecule is CC[C@H]([C@@H](C)O)n1c(=O)ncn1-c1ccc(N2CCN(c3ccc(OCc4cc(Cn5cncn5)oc4-c4ccc(F)cc4F)cc3)CC2)cc1. The van der Waals surface area contributed by atoms with Crippen molar-refractivity contribution < 1.29 is 23.0 Å². The van der Waals surface area contributed by atoms with Crippen LogP contribution in [0.5, 0.6) is 5.75 Å². The second kappa shape index (κ2) is 14.6. The van der Waals surface area contributed by atoms with Crippen LogP contribution in [0, 0.1) is 11.6 Å². The molecule has 51 heavy (non-hydrogen) atoms. The van der Waals surface area contributed by atoms with E-state index in [-0.39, 0.29) is 29.7 Å². The molecule has 3 aromatic carbocycles. The van der Waals surface area contributed by atoms with E-state index in [0.29, 0.717) is 30.0 Å². The third-order valence-electron chi connectivity index (χ3n) is 9.17. The molecule has 0 unspecified atom stereocenters. The maximum absolute atomic E-state index is 14.8. The molecule has 14 heteroatoms. The Labute approximate surface area is 292 Å². The Balaban J connectivity index is 0.976. The summed E-state index contributed by atoms with van der Waals surface area (Å²) in [6.07, 6.45) is 4.39. The van der Waals surface area contributed by atoms with Gasteiger partial charge in [0.1, 0.15) is 61.0 Å². The summed E-state index contributed by atoms with van der Waals surface area (Å²) in [4.78, 5) is 25.0. The van der Waals surface area contributed by atoms with Gasteiger partial charge < -0.3 is 24.1 Å². The number of ether oxygens (including phenoxy) is 1. The Morgan fingerprint density at radius 3 is 2.18 bits per heavy atom. The van der Waals surface area contributed by atoms with Gasteiger partial charge in [-0.3, -0.25) is 0 Å². The van der Waals surface area contributed by atoms with Gasteiger partial charge in [0, 0.05) is 49.2 Å². The summed E-state index contributed by atoms with van der Waals surface area (Å²) in [7, 11) is 0. The van der Waals surface area contributed by atoms with Crippen molar-refractivity contribution in [2.24, 2.45) is 0 Å². The minimum Gasteiger partial charge on any atom is -0.489 e. The largest absolute Gasteiger partial charge is 0.489 e. The van der Waals surface area contributed by atoms with Gasteiger partial charge in [-0.25, -0.2) is 32.6 Å². The number of rotatable bonds is 12. The monoisotopic (exact) mass is 696 g/mol. The molecule has 1 aliphatic heterocycles. The van der Waals surface area contributed by atoms with Crippen molar-refractivity contribution in [1.29, 1.82) is 0 Å². The Morgan fingerprint density at radius 1 is 0.902 bits per heavy atom. The summed E-state index contributed by atoms with van der Waals surface area (Å²) in [6, 6.07) is 20.7. The second-order valence-electron chi connectivity index (χ2n) is 12.5. The van der Waals surface area contributed by atoms with Crippen LogP contribution in [0.1, 0.15) is 37.6 Å². The number of halogens is 2. The van der Waals surface area contributed by atoms with Gasteiger partial charge in [-0.15, -0.1) is 0 Å². The van der Waals surface area contributed by atoms with Crippen molar-refractivity contribution >= 4 is 11.4 Å². The summed E-state index contributed by atoms with van der Waals surface area (Å²) in [5.41, 5.74) is 3.34. The highest BCUT2D eigenvalue weighted by Gasteiger charge is 2.23. The molecule has 0 bridgehead atoms. The molecule has 0 amide bonds. The first kappa shape index (κ1) is 33.7. The van der Waals surface area contributed by atoms with E-state index in [4.69, 9.17) is 9.15 Å². The van der Waals surface area contributed by atoms with Crippen LogP contribution in [0.4, 0.5) is 20.2 Å². The lowest BCUT2D eigenvalue weighted by molar-refractivity contribution is 0.114. The van der Waals surface area contributed by atoms with Crippen LogP contribution in [-0.4, -0.2) is 66.5 Å². The number of aliphatic hydroxyl groups excluding tert-OH is 1. The molecule has 0 saturated carbocycles. The predicted octanol–water partition coefficient (Wildman–Crippen LogP) is 5.45. The number of furan rings is 1. The standard InChI is InChI=1S/C37H38F2N8O4/c1-3-35(25(2)48)47-37(49)41-24-46(47)30-7-5-28(6-8-30)43-14-16-44(17-15-43)29-9-11-31(12-10-29)50-21-26-18-32(20-45-23-40-22-42-45)51-36(26)33-13-4-27(38)19-34(33)39/h4-13,18-19,22-25,35,48H,3,14-17,20-21H2,1-2H3/t25-,35-/m1/s1. The number of piperazine rings is 1. The fourth-order valence-electron chi connectivity index (χ4n) is 6.52. The van der Waals surface area contributed by atoms with Crippen LogP contribution in [0.2, 0.25) is 0 Å². The molecule has 1 fully saturated rings.